The van der Waals surface area contributed by atoms with Crippen LogP contribution in [-0.2, 0) is 10.0 Å². The fraction of sp³-hybridized carbons (Fsp3) is 0. The molecule has 0 bridgehead atoms. The van der Waals surface area contributed by atoms with Crippen LogP contribution < -0.4 is 4.74 Å². The topological polar surface area (TPSA) is 55.7 Å². The van der Waals surface area contributed by atoms with E-state index in [4.69, 9.17) is 16.3 Å². The first kappa shape index (κ1) is 9.70. The molecule has 0 atom stereocenters. The van der Waals surface area contributed by atoms with Crippen LogP contribution in [0, 0.1) is 0 Å². The zero-order valence-corrected chi connectivity index (χ0v) is 9.06. The van der Waals surface area contributed by atoms with Crippen LogP contribution >= 0.6 is 22.9 Å². The lowest BCUT2D eigenvalue weighted by atomic mass is 10.6. The molecule has 0 fully saturated rings. The van der Waals surface area contributed by atoms with Crippen LogP contribution in [0.5, 0.6) is 5.06 Å². The van der Waals surface area contributed by atoms with Crippen LogP contribution in [0.1, 0.15) is 0 Å². The van der Waals surface area contributed by atoms with Gasteiger partial charge in [0, 0.05) is 0 Å². The molecule has 1 aromatic rings. The van der Waals surface area contributed by atoms with Crippen LogP contribution in [0.2, 0.25) is 4.34 Å². The van der Waals surface area contributed by atoms with Crippen molar-refractivity contribution >= 4 is 39.2 Å². The number of thiophene rings is 1. The third kappa shape index (κ3) is 2.14. The van der Waals surface area contributed by atoms with Crippen molar-refractivity contribution in [2.45, 2.75) is 0 Å². The van der Waals surface area contributed by atoms with Gasteiger partial charge in [0.1, 0.15) is 0 Å². The molecule has 14 heavy (non-hydrogen) atoms. The molecule has 0 saturated carbocycles. The average Bonchev–Trinajstić information content (AvgIpc) is 2.59. The summed E-state index contributed by atoms with van der Waals surface area (Å²) >= 11 is 6.89. The van der Waals surface area contributed by atoms with Gasteiger partial charge in [0.25, 0.3) is 10.0 Å². The standard InChI is InChI=1S/C7H4ClNO3S2/c8-6-1-2-7(13-6)12-5-3-9-14(10,11)4-5/h1-4H. The Kier molecular flexibility index (Phi) is 2.34. The Morgan fingerprint density at radius 2 is 2.21 bits per heavy atom. The predicted octanol–water partition coefficient (Wildman–Crippen LogP) is 2.04. The minimum atomic E-state index is -3.45. The first-order chi connectivity index (χ1) is 6.55. The van der Waals surface area contributed by atoms with Crippen molar-refractivity contribution in [2.75, 3.05) is 0 Å². The SMILES string of the molecule is O=S1(=O)C=C(Oc2ccc(Cl)s2)C=N1. The molecule has 0 unspecified atom stereocenters. The summed E-state index contributed by atoms with van der Waals surface area (Å²) in [5, 5.41) is 1.49. The average molecular weight is 250 g/mol. The lowest BCUT2D eigenvalue weighted by Crippen LogP contribution is -1.91. The molecule has 0 aliphatic carbocycles. The number of rotatable bonds is 2. The Balaban J connectivity index is 2.18. The predicted molar refractivity (Wildman–Crippen MR) is 55.5 cm³/mol. The minimum absolute atomic E-state index is 0.198. The Hall–Kier alpha value is -0.850. The number of allylic oxidation sites excluding steroid dienone is 1. The van der Waals surface area contributed by atoms with Gasteiger partial charge in [-0.05, 0) is 12.1 Å². The maximum atomic E-state index is 10.9. The normalized spacial score (nSPS) is 18.2. The van der Waals surface area contributed by atoms with E-state index in [1.54, 1.807) is 12.1 Å². The molecule has 4 nitrogen and oxygen atoms in total. The smallest absolute Gasteiger partial charge is 0.279 e. The summed E-state index contributed by atoms with van der Waals surface area (Å²) in [6.45, 7) is 0. The van der Waals surface area contributed by atoms with Crippen molar-refractivity contribution in [3.63, 3.8) is 0 Å². The summed E-state index contributed by atoms with van der Waals surface area (Å²) in [4.78, 5) is 0. The van der Waals surface area contributed by atoms with E-state index in [0.29, 0.717) is 9.40 Å². The van der Waals surface area contributed by atoms with E-state index in [1.165, 1.54) is 11.3 Å². The van der Waals surface area contributed by atoms with Crippen LogP contribution in [0.3, 0.4) is 0 Å². The van der Waals surface area contributed by atoms with E-state index in [0.717, 1.165) is 11.6 Å². The number of halogens is 1. The van der Waals surface area contributed by atoms with Gasteiger partial charge in [0.05, 0.1) is 16.0 Å². The summed E-state index contributed by atoms with van der Waals surface area (Å²) in [6, 6.07) is 3.33. The summed E-state index contributed by atoms with van der Waals surface area (Å²) in [7, 11) is -3.45. The van der Waals surface area contributed by atoms with Gasteiger partial charge in [-0.1, -0.05) is 22.9 Å². The maximum Gasteiger partial charge on any atom is 0.279 e. The van der Waals surface area contributed by atoms with Crippen LogP contribution in [0.15, 0.2) is 27.7 Å². The summed E-state index contributed by atoms with van der Waals surface area (Å²) in [5.41, 5.74) is 0. The molecule has 1 aliphatic heterocycles. The Labute approximate surface area is 89.5 Å². The van der Waals surface area contributed by atoms with Gasteiger partial charge in [-0.3, -0.25) is 0 Å². The van der Waals surface area contributed by atoms with Crippen LogP contribution in [0.25, 0.3) is 0 Å². The molecule has 2 heterocycles. The number of ether oxygens (including phenoxy) is 1. The third-order valence-corrected chi connectivity index (χ3v) is 3.40. The third-order valence-electron chi connectivity index (χ3n) is 1.36. The molecule has 0 radical (unpaired) electrons. The van der Waals surface area contributed by atoms with E-state index in [-0.39, 0.29) is 5.76 Å². The number of hydrogen-bond acceptors (Lipinski definition) is 4. The molecule has 0 N–H and O–H groups in total. The van der Waals surface area contributed by atoms with Crippen molar-refractivity contribution in [3.05, 3.63) is 27.6 Å². The molecule has 0 aromatic carbocycles. The van der Waals surface area contributed by atoms with Crippen LogP contribution in [-0.4, -0.2) is 14.6 Å². The summed E-state index contributed by atoms with van der Waals surface area (Å²) in [6.07, 6.45) is 1.16. The van der Waals surface area contributed by atoms with Gasteiger partial charge < -0.3 is 4.74 Å². The largest absolute Gasteiger partial charge is 0.444 e. The van der Waals surface area contributed by atoms with Crippen molar-refractivity contribution in [1.29, 1.82) is 0 Å². The lowest BCUT2D eigenvalue weighted by Gasteiger charge is -1.96. The number of hydrogen-bond donors (Lipinski definition) is 0. The zero-order chi connectivity index (χ0) is 10.2. The Morgan fingerprint density at radius 1 is 1.43 bits per heavy atom. The molecule has 0 spiro atoms. The highest BCUT2D eigenvalue weighted by Gasteiger charge is 2.14. The van der Waals surface area contributed by atoms with Crippen molar-refractivity contribution < 1.29 is 13.2 Å². The molecule has 0 amide bonds. The fourth-order valence-corrected chi connectivity index (χ4v) is 2.46. The number of nitrogens with zero attached hydrogens (tertiary/aromatic N) is 1. The molecule has 1 aromatic heterocycles. The van der Waals surface area contributed by atoms with Gasteiger partial charge in [-0.15, -0.1) is 0 Å². The summed E-state index contributed by atoms with van der Waals surface area (Å²) < 4.78 is 30.8. The molecular weight excluding hydrogens is 246 g/mol. The second-order valence-corrected chi connectivity index (χ2v) is 5.58. The van der Waals surface area contributed by atoms with E-state index in [1.807, 2.05) is 0 Å². The summed E-state index contributed by atoms with van der Waals surface area (Å²) in [5.74, 6) is 0.198. The van der Waals surface area contributed by atoms with E-state index >= 15 is 0 Å². The first-order valence-electron chi connectivity index (χ1n) is 3.50. The molecule has 7 heteroatoms. The molecular formula is C7H4ClNO3S2. The number of sulfonamides is 1. The van der Waals surface area contributed by atoms with E-state index in [9.17, 15) is 8.42 Å². The van der Waals surface area contributed by atoms with E-state index in [2.05, 4.69) is 4.40 Å². The Bertz CT molecular complexity index is 515. The molecule has 2 rings (SSSR count). The second kappa shape index (κ2) is 3.38. The maximum absolute atomic E-state index is 10.9. The van der Waals surface area contributed by atoms with Crippen LogP contribution in [0.4, 0.5) is 0 Å². The highest BCUT2D eigenvalue weighted by atomic mass is 35.5. The van der Waals surface area contributed by atoms with Crippen molar-refractivity contribution in [1.82, 2.24) is 0 Å². The van der Waals surface area contributed by atoms with Gasteiger partial charge >= 0.3 is 0 Å². The second-order valence-electron chi connectivity index (χ2n) is 2.43. The zero-order valence-electron chi connectivity index (χ0n) is 6.68. The minimum Gasteiger partial charge on any atom is -0.444 e. The van der Waals surface area contributed by atoms with E-state index < -0.39 is 10.0 Å². The highest BCUT2D eigenvalue weighted by Crippen LogP contribution is 2.30. The molecule has 1 aliphatic rings. The first-order valence-corrected chi connectivity index (χ1v) is 6.20. The lowest BCUT2D eigenvalue weighted by molar-refractivity contribution is 0.472. The van der Waals surface area contributed by atoms with Crippen molar-refractivity contribution in [3.8, 4) is 5.06 Å². The Morgan fingerprint density at radius 3 is 2.71 bits per heavy atom. The van der Waals surface area contributed by atoms with Gasteiger partial charge in [-0.25, -0.2) is 0 Å². The van der Waals surface area contributed by atoms with Gasteiger partial charge in [0.15, 0.2) is 10.8 Å². The van der Waals surface area contributed by atoms with Gasteiger partial charge in [0.2, 0.25) is 0 Å². The molecule has 0 saturated heterocycles. The van der Waals surface area contributed by atoms with Crippen molar-refractivity contribution in [2.24, 2.45) is 4.40 Å². The highest BCUT2D eigenvalue weighted by molar-refractivity contribution is 7.93. The monoisotopic (exact) mass is 249 g/mol. The fourth-order valence-electron chi connectivity index (χ4n) is 0.852. The quantitative estimate of drug-likeness (QED) is 0.806. The molecule has 74 valence electrons. The van der Waals surface area contributed by atoms with Gasteiger partial charge in [-0.2, -0.15) is 12.8 Å².